The number of rotatable bonds is 4. The van der Waals surface area contributed by atoms with Crippen molar-refractivity contribution in [1.29, 1.82) is 0 Å². The number of fused-ring (bicyclic) bond motifs is 3. The van der Waals surface area contributed by atoms with Gasteiger partial charge in [-0.3, -0.25) is 0 Å². The standard InChI is InChI=1S/C23H24ClFN2O/c1-26-11-10-21-19(13-26)18-12-16(24)6-9-20(18)27(21)23(28)22(14-2-3-14)15-4-7-17(25)8-5-15/h4-9,12,14,22-23,28H,2-3,10-11,13H2,1H3. The third-order valence-corrected chi connectivity index (χ3v) is 6.55. The van der Waals surface area contributed by atoms with E-state index in [1.165, 1.54) is 23.4 Å². The predicted molar refractivity (Wildman–Crippen MR) is 110 cm³/mol. The summed E-state index contributed by atoms with van der Waals surface area (Å²) in [4.78, 5) is 2.30. The van der Waals surface area contributed by atoms with Crippen molar-refractivity contribution in [3.05, 3.63) is 70.1 Å². The minimum atomic E-state index is -0.672. The molecule has 0 radical (unpaired) electrons. The maximum Gasteiger partial charge on any atom is 0.138 e. The van der Waals surface area contributed by atoms with Gasteiger partial charge < -0.3 is 14.6 Å². The predicted octanol–water partition coefficient (Wildman–Crippen LogP) is 5.11. The average Bonchev–Trinajstić information content (AvgIpc) is 3.46. The lowest BCUT2D eigenvalue weighted by atomic mass is 9.92. The first-order valence-electron chi connectivity index (χ1n) is 9.96. The van der Waals surface area contributed by atoms with Crippen LogP contribution in [-0.4, -0.2) is 28.2 Å². The van der Waals surface area contributed by atoms with Crippen LogP contribution in [-0.2, 0) is 13.0 Å². The third kappa shape index (κ3) is 3.04. The maximum absolute atomic E-state index is 13.5. The molecule has 28 heavy (non-hydrogen) atoms. The molecule has 0 amide bonds. The van der Waals surface area contributed by atoms with Gasteiger partial charge in [0, 0.05) is 41.5 Å². The van der Waals surface area contributed by atoms with Gasteiger partial charge in [-0.05, 0) is 67.3 Å². The van der Waals surface area contributed by atoms with E-state index in [0.717, 1.165) is 48.8 Å². The van der Waals surface area contributed by atoms with Crippen LogP contribution in [0, 0.1) is 11.7 Å². The second-order valence-electron chi connectivity index (χ2n) is 8.27. The lowest BCUT2D eigenvalue weighted by Gasteiger charge is -2.30. The number of halogens is 2. The van der Waals surface area contributed by atoms with E-state index >= 15 is 0 Å². The quantitative estimate of drug-likeness (QED) is 0.661. The normalized spacial score (nSPS) is 19.6. The smallest absolute Gasteiger partial charge is 0.138 e. The van der Waals surface area contributed by atoms with Gasteiger partial charge in [0.1, 0.15) is 12.0 Å². The van der Waals surface area contributed by atoms with E-state index in [2.05, 4.69) is 16.5 Å². The van der Waals surface area contributed by atoms with Crippen molar-refractivity contribution in [2.24, 2.45) is 5.92 Å². The molecule has 0 spiro atoms. The number of hydrogen-bond acceptors (Lipinski definition) is 2. The van der Waals surface area contributed by atoms with E-state index in [-0.39, 0.29) is 11.7 Å². The minimum Gasteiger partial charge on any atom is -0.373 e. The zero-order valence-electron chi connectivity index (χ0n) is 15.9. The van der Waals surface area contributed by atoms with Crippen LogP contribution < -0.4 is 0 Å². The van der Waals surface area contributed by atoms with Crippen LogP contribution >= 0.6 is 11.6 Å². The van der Waals surface area contributed by atoms with Gasteiger partial charge in [0.05, 0.1) is 5.52 Å². The number of aliphatic hydroxyl groups excluding tert-OH is 1. The molecule has 1 aliphatic carbocycles. The van der Waals surface area contributed by atoms with Gasteiger partial charge >= 0.3 is 0 Å². The van der Waals surface area contributed by atoms with Crippen LogP contribution in [0.3, 0.4) is 0 Å². The fourth-order valence-corrected chi connectivity index (χ4v) is 4.96. The highest BCUT2D eigenvalue weighted by Gasteiger charge is 2.39. The third-order valence-electron chi connectivity index (χ3n) is 6.31. The summed E-state index contributed by atoms with van der Waals surface area (Å²) in [7, 11) is 2.12. The monoisotopic (exact) mass is 398 g/mol. The number of benzene rings is 2. The van der Waals surface area contributed by atoms with E-state index in [4.69, 9.17) is 11.6 Å². The Morgan fingerprint density at radius 3 is 2.61 bits per heavy atom. The molecular weight excluding hydrogens is 375 g/mol. The lowest BCUT2D eigenvalue weighted by molar-refractivity contribution is 0.0658. The Hall–Kier alpha value is -1.88. The van der Waals surface area contributed by atoms with Crippen molar-refractivity contribution in [2.45, 2.75) is 38.0 Å². The number of aromatic nitrogens is 1. The van der Waals surface area contributed by atoms with Crippen molar-refractivity contribution in [2.75, 3.05) is 13.6 Å². The summed E-state index contributed by atoms with van der Waals surface area (Å²) >= 11 is 6.30. The fraction of sp³-hybridized carbons (Fsp3) is 0.391. The summed E-state index contributed by atoms with van der Waals surface area (Å²) in [5, 5.41) is 13.5. The van der Waals surface area contributed by atoms with Crippen molar-refractivity contribution >= 4 is 22.5 Å². The highest BCUT2D eigenvalue weighted by Crippen LogP contribution is 2.49. The van der Waals surface area contributed by atoms with Gasteiger partial charge in [0.15, 0.2) is 0 Å². The maximum atomic E-state index is 13.5. The summed E-state index contributed by atoms with van der Waals surface area (Å²) in [6.07, 6.45) is 2.44. The molecule has 2 heterocycles. The minimum absolute atomic E-state index is 0.0318. The van der Waals surface area contributed by atoms with Crippen LogP contribution in [0.2, 0.25) is 5.02 Å². The Balaban J connectivity index is 1.66. The van der Waals surface area contributed by atoms with Gasteiger partial charge in [0.25, 0.3) is 0 Å². The Morgan fingerprint density at radius 2 is 1.89 bits per heavy atom. The Labute approximate surface area is 169 Å². The largest absolute Gasteiger partial charge is 0.373 e. The Morgan fingerprint density at radius 1 is 1.14 bits per heavy atom. The van der Waals surface area contributed by atoms with Crippen LogP contribution in [0.1, 0.15) is 41.8 Å². The van der Waals surface area contributed by atoms with Gasteiger partial charge in [-0.2, -0.15) is 0 Å². The molecule has 0 saturated heterocycles. The van der Waals surface area contributed by atoms with Crippen LogP contribution in [0.5, 0.6) is 0 Å². The number of hydrogen-bond donors (Lipinski definition) is 1. The van der Waals surface area contributed by atoms with Crippen LogP contribution in [0.15, 0.2) is 42.5 Å². The molecule has 1 aromatic heterocycles. The fourth-order valence-electron chi connectivity index (χ4n) is 4.79. The Bertz CT molecular complexity index is 1030. The lowest BCUT2D eigenvalue weighted by Crippen LogP contribution is -2.29. The van der Waals surface area contributed by atoms with E-state index in [1.54, 1.807) is 0 Å². The van der Waals surface area contributed by atoms with Gasteiger partial charge in [0.2, 0.25) is 0 Å². The van der Waals surface area contributed by atoms with Crippen molar-refractivity contribution in [3.8, 4) is 0 Å². The zero-order chi connectivity index (χ0) is 19.4. The van der Waals surface area contributed by atoms with Gasteiger partial charge in [-0.15, -0.1) is 0 Å². The van der Waals surface area contributed by atoms with E-state index in [0.29, 0.717) is 10.9 Å². The van der Waals surface area contributed by atoms with Crippen LogP contribution in [0.4, 0.5) is 4.39 Å². The van der Waals surface area contributed by atoms with Crippen molar-refractivity contribution < 1.29 is 9.50 Å². The molecule has 0 bridgehead atoms. The second kappa shape index (κ2) is 6.87. The summed E-state index contributed by atoms with van der Waals surface area (Å²) in [6.45, 7) is 1.82. The summed E-state index contributed by atoms with van der Waals surface area (Å²) < 4.78 is 15.6. The molecule has 1 saturated carbocycles. The molecule has 146 valence electrons. The highest BCUT2D eigenvalue weighted by atomic mass is 35.5. The first-order valence-corrected chi connectivity index (χ1v) is 10.3. The van der Waals surface area contributed by atoms with Crippen LogP contribution in [0.25, 0.3) is 10.9 Å². The van der Waals surface area contributed by atoms with Crippen molar-refractivity contribution in [1.82, 2.24) is 9.47 Å². The van der Waals surface area contributed by atoms with Gasteiger partial charge in [-0.25, -0.2) is 4.39 Å². The molecule has 3 nitrogen and oxygen atoms in total. The number of aliphatic hydroxyl groups is 1. The molecule has 2 atom stereocenters. The molecule has 5 rings (SSSR count). The van der Waals surface area contributed by atoms with E-state index in [9.17, 15) is 9.50 Å². The summed E-state index contributed by atoms with van der Waals surface area (Å²) in [5.74, 6) is 0.164. The van der Waals surface area contributed by atoms with Crippen molar-refractivity contribution in [3.63, 3.8) is 0 Å². The molecule has 1 N–H and O–H groups in total. The second-order valence-corrected chi connectivity index (χ2v) is 8.71. The molecule has 3 aromatic rings. The topological polar surface area (TPSA) is 28.4 Å². The SMILES string of the molecule is CN1CCc2c(c3cc(Cl)ccc3n2C(O)C(c2ccc(F)cc2)C2CC2)C1. The van der Waals surface area contributed by atoms with E-state index < -0.39 is 6.23 Å². The van der Waals surface area contributed by atoms with Gasteiger partial charge in [-0.1, -0.05) is 23.7 Å². The molecular formula is C23H24ClFN2O. The van der Waals surface area contributed by atoms with E-state index in [1.807, 2.05) is 30.3 Å². The molecule has 1 fully saturated rings. The molecule has 2 unspecified atom stereocenters. The number of nitrogens with zero attached hydrogens (tertiary/aromatic N) is 2. The summed E-state index contributed by atoms with van der Waals surface area (Å²) in [5.41, 5.74) is 4.51. The number of likely N-dealkylation sites (N-methyl/N-ethyl adjacent to an activating group) is 1. The highest BCUT2D eigenvalue weighted by molar-refractivity contribution is 6.31. The first kappa shape index (κ1) is 18.2. The molecule has 1 aliphatic heterocycles. The molecule has 2 aromatic carbocycles. The average molecular weight is 399 g/mol. The summed E-state index contributed by atoms with van der Waals surface area (Å²) in [6, 6.07) is 12.6. The zero-order valence-corrected chi connectivity index (χ0v) is 16.7. The Kier molecular flexibility index (Phi) is 4.46. The first-order chi connectivity index (χ1) is 13.5. The molecule has 5 heteroatoms. The molecule has 2 aliphatic rings.